The van der Waals surface area contributed by atoms with Crippen LogP contribution >= 0.6 is 0 Å². The second-order valence-corrected chi connectivity index (χ2v) is 4.35. The smallest absolute Gasteiger partial charge is 0.245 e. The Morgan fingerprint density at radius 3 is 2.86 bits per heavy atom. The van der Waals surface area contributed by atoms with Crippen LogP contribution in [-0.2, 0) is 6.54 Å². The van der Waals surface area contributed by atoms with Crippen LogP contribution in [0.15, 0.2) is 47.2 Å². The molecule has 0 unspecified atom stereocenters. The highest BCUT2D eigenvalue weighted by Gasteiger charge is 2.06. The summed E-state index contributed by atoms with van der Waals surface area (Å²) < 4.78 is 31.6. The third kappa shape index (κ3) is 3.35. The molecule has 112 valence electrons. The maximum Gasteiger partial charge on any atom is 0.245 e. The molecule has 0 amide bonds. The zero-order chi connectivity index (χ0) is 15.4. The first kappa shape index (κ1) is 13.9. The van der Waals surface area contributed by atoms with Crippen molar-refractivity contribution in [3.05, 3.63) is 60.2 Å². The zero-order valence-corrected chi connectivity index (χ0v) is 11.3. The van der Waals surface area contributed by atoms with E-state index in [1.807, 2.05) is 0 Å². The molecule has 0 saturated carbocycles. The van der Waals surface area contributed by atoms with Gasteiger partial charge >= 0.3 is 0 Å². The Morgan fingerprint density at radius 2 is 2.09 bits per heavy atom. The Bertz CT molecular complexity index is 764. The molecule has 2 N–H and O–H groups in total. The molecule has 0 aliphatic heterocycles. The molecule has 0 bridgehead atoms. The fraction of sp³-hybridized carbons (Fsp3) is 0.0714. The summed E-state index contributed by atoms with van der Waals surface area (Å²) in [5.74, 6) is -0.119. The molecule has 3 aromatic rings. The lowest BCUT2D eigenvalue weighted by Gasteiger charge is -2.07. The summed E-state index contributed by atoms with van der Waals surface area (Å²) in [6, 6.07) is 6.79. The summed E-state index contributed by atoms with van der Waals surface area (Å²) in [5, 5.41) is 13.2. The number of nitrogens with one attached hydrogen (secondary N) is 2. The van der Waals surface area contributed by atoms with E-state index in [2.05, 4.69) is 25.8 Å². The molecule has 0 radical (unpaired) electrons. The summed E-state index contributed by atoms with van der Waals surface area (Å²) in [7, 11) is 0. The fourth-order valence-corrected chi connectivity index (χ4v) is 1.75. The Labute approximate surface area is 124 Å². The topological polar surface area (TPSA) is 75.9 Å². The minimum Gasteiger partial charge on any atom is -0.467 e. The van der Waals surface area contributed by atoms with Gasteiger partial charge in [-0.25, -0.2) is 8.78 Å². The second-order valence-electron chi connectivity index (χ2n) is 4.35. The molecule has 0 aliphatic rings. The lowest BCUT2D eigenvalue weighted by Crippen LogP contribution is -2.06. The highest BCUT2D eigenvalue weighted by atomic mass is 19.1. The number of furan rings is 1. The molecule has 2 heterocycles. The van der Waals surface area contributed by atoms with Crippen LogP contribution in [0.25, 0.3) is 0 Å². The van der Waals surface area contributed by atoms with Crippen LogP contribution in [0.2, 0.25) is 0 Å². The van der Waals surface area contributed by atoms with Crippen LogP contribution in [0.4, 0.5) is 26.2 Å². The highest BCUT2D eigenvalue weighted by molar-refractivity contribution is 5.56. The van der Waals surface area contributed by atoms with E-state index in [0.29, 0.717) is 12.3 Å². The van der Waals surface area contributed by atoms with Crippen LogP contribution in [0.1, 0.15) is 5.76 Å². The van der Waals surface area contributed by atoms with E-state index < -0.39 is 11.6 Å². The minimum atomic E-state index is -0.719. The van der Waals surface area contributed by atoms with Crippen molar-refractivity contribution < 1.29 is 13.2 Å². The Kier molecular flexibility index (Phi) is 3.90. The molecular formula is C14H11F2N5O. The van der Waals surface area contributed by atoms with Gasteiger partial charge in [0.1, 0.15) is 17.4 Å². The lowest BCUT2D eigenvalue weighted by molar-refractivity contribution is 0.517. The molecule has 22 heavy (non-hydrogen) atoms. The second kappa shape index (κ2) is 6.17. The average molecular weight is 303 g/mol. The van der Waals surface area contributed by atoms with Crippen LogP contribution in [0.3, 0.4) is 0 Å². The summed E-state index contributed by atoms with van der Waals surface area (Å²) in [5.41, 5.74) is 0.0962. The van der Waals surface area contributed by atoms with Crippen LogP contribution in [0.5, 0.6) is 0 Å². The van der Waals surface area contributed by atoms with Gasteiger partial charge < -0.3 is 15.1 Å². The molecular weight excluding hydrogens is 292 g/mol. The Hall–Kier alpha value is -3.03. The molecule has 1 aromatic carbocycles. The van der Waals surface area contributed by atoms with Gasteiger partial charge in [0, 0.05) is 6.07 Å². The van der Waals surface area contributed by atoms with Crippen molar-refractivity contribution in [3.8, 4) is 0 Å². The number of aromatic nitrogens is 3. The fourth-order valence-electron chi connectivity index (χ4n) is 1.75. The number of hydrogen-bond donors (Lipinski definition) is 2. The standard InChI is InChI=1S/C14H11F2N5O/c15-9-3-4-12(11(16)6-9)19-13-8-18-21-14(20-13)17-7-10-2-1-5-22-10/h1-6,8H,7H2,(H2,17,19,20,21). The number of nitrogens with zero attached hydrogens (tertiary/aromatic N) is 3. The summed E-state index contributed by atoms with van der Waals surface area (Å²) in [6.07, 6.45) is 2.90. The first-order chi connectivity index (χ1) is 10.7. The number of rotatable bonds is 5. The molecule has 0 saturated heterocycles. The Balaban J connectivity index is 1.70. The number of halogens is 2. The minimum absolute atomic E-state index is 0.0962. The van der Waals surface area contributed by atoms with E-state index >= 15 is 0 Å². The molecule has 0 fully saturated rings. The van der Waals surface area contributed by atoms with Crippen molar-refractivity contribution in [1.82, 2.24) is 15.2 Å². The Morgan fingerprint density at radius 1 is 1.18 bits per heavy atom. The predicted molar refractivity (Wildman–Crippen MR) is 75.5 cm³/mol. The van der Waals surface area contributed by atoms with Gasteiger partial charge in [-0.15, -0.1) is 5.10 Å². The van der Waals surface area contributed by atoms with E-state index in [1.165, 1.54) is 12.3 Å². The van der Waals surface area contributed by atoms with Crippen LogP contribution in [0, 0.1) is 11.6 Å². The third-order valence-electron chi connectivity index (χ3n) is 2.75. The van der Waals surface area contributed by atoms with E-state index in [9.17, 15) is 8.78 Å². The molecule has 2 aromatic heterocycles. The highest BCUT2D eigenvalue weighted by Crippen LogP contribution is 2.19. The van der Waals surface area contributed by atoms with Gasteiger partial charge in [-0.1, -0.05) is 0 Å². The average Bonchev–Trinajstić information content (AvgIpc) is 3.02. The number of benzene rings is 1. The van der Waals surface area contributed by atoms with Gasteiger partial charge in [-0.2, -0.15) is 10.1 Å². The molecule has 0 aliphatic carbocycles. The maximum atomic E-state index is 13.6. The first-order valence-corrected chi connectivity index (χ1v) is 6.39. The molecule has 0 spiro atoms. The van der Waals surface area contributed by atoms with Gasteiger partial charge in [0.05, 0.1) is 24.7 Å². The van der Waals surface area contributed by atoms with E-state index in [1.54, 1.807) is 18.4 Å². The van der Waals surface area contributed by atoms with Crippen molar-refractivity contribution in [2.75, 3.05) is 10.6 Å². The van der Waals surface area contributed by atoms with Gasteiger partial charge in [0.2, 0.25) is 5.95 Å². The summed E-state index contributed by atoms with van der Waals surface area (Å²) in [6.45, 7) is 0.392. The molecule has 0 atom stereocenters. The monoisotopic (exact) mass is 303 g/mol. The van der Waals surface area contributed by atoms with Crippen LogP contribution in [-0.4, -0.2) is 15.2 Å². The van der Waals surface area contributed by atoms with Gasteiger partial charge in [0.15, 0.2) is 5.82 Å². The van der Waals surface area contributed by atoms with Crippen molar-refractivity contribution in [1.29, 1.82) is 0 Å². The summed E-state index contributed by atoms with van der Waals surface area (Å²) in [4.78, 5) is 4.13. The quantitative estimate of drug-likeness (QED) is 0.754. The van der Waals surface area contributed by atoms with Crippen molar-refractivity contribution in [2.45, 2.75) is 6.54 Å². The maximum absolute atomic E-state index is 13.6. The van der Waals surface area contributed by atoms with E-state index in [4.69, 9.17) is 4.42 Å². The van der Waals surface area contributed by atoms with Crippen LogP contribution < -0.4 is 10.6 Å². The molecule has 6 nitrogen and oxygen atoms in total. The van der Waals surface area contributed by atoms with Crippen molar-refractivity contribution in [2.24, 2.45) is 0 Å². The third-order valence-corrected chi connectivity index (χ3v) is 2.75. The molecule has 8 heteroatoms. The van der Waals surface area contributed by atoms with Gasteiger partial charge in [0.25, 0.3) is 0 Å². The van der Waals surface area contributed by atoms with Crippen molar-refractivity contribution in [3.63, 3.8) is 0 Å². The number of hydrogen-bond acceptors (Lipinski definition) is 6. The van der Waals surface area contributed by atoms with E-state index in [-0.39, 0.29) is 17.5 Å². The summed E-state index contributed by atoms with van der Waals surface area (Å²) >= 11 is 0. The van der Waals surface area contributed by atoms with Crippen molar-refractivity contribution >= 4 is 17.5 Å². The van der Waals surface area contributed by atoms with E-state index in [0.717, 1.165) is 12.1 Å². The van der Waals surface area contributed by atoms with Gasteiger partial charge in [-0.3, -0.25) is 0 Å². The largest absolute Gasteiger partial charge is 0.467 e. The lowest BCUT2D eigenvalue weighted by atomic mass is 10.3. The predicted octanol–water partition coefficient (Wildman–Crippen LogP) is 3.10. The molecule has 3 rings (SSSR count). The zero-order valence-electron chi connectivity index (χ0n) is 11.3. The van der Waals surface area contributed by atoms with Gasteiger partial charge in [-0.05, 0) is 24.3 Å². The normalized spacial score (nSPS) is 10.5. The first-order valence-electron chi connectivity index (χ1n) is 6.39. The number of anilines is 3. The SMILES string of the molecule is Fc1ccc(Nc2cnnc(NCc3ccco3)n2)c(F)c1.